The third kappa shape index (κ3) is 3.70. The fourth-order valence-electron chi connectivity index (χ4n) is 1.79. The van der Waals surface area contributed by atoms with Crippen molar-refractivity contribution < 1.29 is 9.18 Å². The molecule has 0 aliphatic heterocycles. The standard InChI is InChI=1S/C15H15ClFN3O/c1-2-7-19-13-6-8-18-9-10(13)15(21)20-14-11(16)4-3-5-12(14)17/h3-6,8-9H,2,7H2,1H3,(H,18,19)(H,20,21). The minimum atomic E-state index is -0.581. The maximum absolute atomic E-state index is 13.7. The molecule has 4 nitrogen and oxygen atoms in total. The molecule has 2 N–H and O–H groups in total. The van der Waals surface area contributed by atoms with Crippen molar-refractivity contribution in [2.75, 3.05) is 17.2 Å². The molecule has 2 aromatic rings. The van der Waals surface area contributed by atoms with Crippen LogP contribution in [-0.4, -0.2) is 17.4 Å². The molecule has 0 radical (unpaired) electrons. The molecule has 0 saturated heterocycles. The number of hydrogen-bond donors (Lipinski definition) is 2. The van der Waals surface area contributed by atoms with Crippen LogP contribution in [0.15, 0.2) is 36.7 Å². The van der Waals surface area contributed by atoms with Crippen LogP contribution >= 0.6 is 11.6 Å². The van der Waals surface area contributed by atoms with Gasteiger partial charge in [-0.15, -0.1) is 0 Å². The lowest BCUT2D eigenvalue weighted by molar-refractivity contribution is 0.102. The van der Waals surface area contributed by atoms with Crippen LogP contribution in [0.25, 0.3) is 0 Å². The summed E-state index contributed by atoms with van der Waals surface area (Å²) in [6.07, 6.45) is 3.94. The van der Waals surface area contributed by atoms with Gasteiger partial charge in [0.1, 0.15) is 5.82 Å². The molecule has 0 aliphatic carbocycles. The van der Waals surface area contributed by atoms with Crippen molar-refractivity contribution in [1.82, 2.24) is 4.98 Å². The Balaban J connectivity index is 2.25. The number of nitrogens with one attached hydrogen (secondary N) is 2. The maximum Gasteiger partial charge on any atom is 0.259 e. The number of benzene rings is 1. The molecule has 0 bridgehead atoms. The Morgan fingerprint density at radius 2 is 2.19 bits per heavy atom. The van der Waals surface area contributed by atoms with Gasteiger partial charge in [0.2, 0.25) is 0 Å². The van der Waals surface area contributed by atoms with E-state index in [1.807, 2.05) is 6.92 Å². The summed E-state index contributed by atoms with van der Waals surface area (Å²) in [6.45, 7) is 2.75. The van der Waals surface area contributed by atoms with E-state index in [9.17, 15) is 9.18 Å². The normalized spacial score (nSPS) is 10.2. The number of rotatable bonds is 5. The fraction of sp³-hybridized carbons (Fsp3) is 0.200. The SMILES string of the molecule is CCCNc1ccncc1C(=O)Nc1c(F)cccc1Cl. The number of para-hydroxylation sites is 1. The first-order chi connectivity index (χ1) is 10.1. The summed E-state index contributed by atoms with van der Waals surface area (Å²) in [5.74, 6) is -1.04. The van der Waals surface area contributed by atoms with Gasteiger partial charge in [-0.2, -0.15) is 0 Å². The molecule has 0 saturated carbocycles. The predicted octanol–water partition coefficient (Wildman–Crippen LogP) is 3.95. The first-order valence-corrected chi connectivity index (χ1v) is 6.94. The number of carbonyl (C=O) groups excluding carboxylic acids is 1. The van der Waals surface area contributed by atoms with Gasteiger partial charge in [0.15, 0.2) is 0 Å². The van der Waals surface area contributed by atoms with Crippen LogP contribution in [0.5, 0.6) is 0 Å². The van der Waals surface area contributed by atoms with Crippen LogP contribution in [-0.2, 0) is 0 Å². The molecule has 1 amide bonds. The van der Waals surface area contributed by atoms with Gasteiger partial charge in [-0.1, -0.05) is 24.6 Å². The lowest BCUT2D eigenvalue weighted by atomic mass is 10.2. The Morgan fingerprint density at radius 3 is 2.90 bits per heavy atom. The van der Waals surface area contributed by atoms with Gasteiger partial charge in [0.25, 0.3) is 5.91 Å². The largest absolute Gasteiger partial charge is 0.384 e. The molecule has 0 aliphatic rings. The summed E-state index contributed by atoms with van der Waals surface area (Å²) >= 11 is 5.90. The molecule has 21 heavy (non-hydrogen) atoms. The lowest BCUT2D eigenvalue weighted by Gasteiger charge is -2.12. The lowest BCUT2D eigenvalue weighted by Crippen LogP contribution is -2.16. The molecule has 1 aromatic heterocycles. The van der Waals surface area contributed by atoms with E-state index in [-0.39, 0.29) is 10.7 Å². The first-order valence-electron chi connectivity index (χ1n) is 6.56. The van der Waals surface area contributed by atoms with Crippen molar-refractivity contribution in [3.63, 3.8) is 0 Å². The van der Waals surface area contributed by atoms with Gasteiger partial charge in [-0.05, 0) is 24.6 Å². The highest BCUT2D eigenvalue weighted by molar-refractivity contribution is 6.34. The number of anilines is 2. The van der Waals surface area contributed by atoms with Crippen LogP contribution in [0.4, 0.5) is 15.8 Å². The summed E-state index contributed by atoms with van der Waals surface area (Å²) in [5, 5.41) is 5.77. The summed E-state index contributed by atoms with van der Waals surface area (Å²) < 4.78 is 13.7. The fourth-order valence-corrected chi connectivity index (χ4v) is 2.00. The highest BCUT2D eigenvalue weighted by atomic mass is 35.5. The summed E-state index contributed by atoms with van der Waals surface area (Å²) in [7, 11) is 0. The van der Waals surface area contributed by atoms with Crippen LogP contribution in [0, 0.1) is 5.82 Å². The molecule has 1 heterocycles. The third-order valence-electron chi connectivity index (χ3n) is 2.83. The number of pyridine rings is 1. The summed E-state index contributed by atoms with van der Waals surface area (Å²) in [4.78, 5) is 16.2. The molecule has 0 unspecified atom stereocenters. The highest BCUT2D eigenvalue weighted by Gasteiger charge is 2.15. The second-order valence-electron chi connectivity index (χ2n) is 4.40. The minimum absolute atomic E-state index is 0.0329. The van der Waals surface area contributed by atoms with Crippen molar-refractivity contribution in [3.05, 3.63) is 53.1 Å². The van der Waals surface area contributed by atoms with E-state index in [2.05, 4.69) is 15.6 Å². The van der Waals surface area contributed by atoms with Crippen molar-refractivity contribution in [1.29, 1.82) is 0 Å². The predicted molar refractivity (Wildman–Crippen MR) is 82.4 cm³/mol. The van der Waals surface area contributed by atoms with E-state index >= 15 is 0 Å². The molecule has 6 heteroatoms. The average Bonchev–Trinajstić information content (AvgIpc) is 2.49. The van der Waals surface area contributed by atoms with E-state index in [1.54, 1.807) is 12.3 Å². The van der Waals surface area contributed by atoms with E-state index < -0.39 is 11.7 Å². The van der Waals surface area contributed by atoms with E-state index in [0.29, 0.717) is 11.3 Å². The van der Waals surface area contributed by atoms with Crippen molar-refractivity contribution in [2.24, 2.45) is 0 Å². The first kappa shape index (κ1) is 15.3. The van der Waals surface area contributed by atoms with E-state index in [0.717, 1.165) is 13.0 Å². The van der Waals surface area contributed by atoms with Gasteiger partial charge in [0.05, 0.1) is 22.0 Å². The van der Waals surface area contributed by atoms with E-state index in [4.69, 9.17) is 11.6 Å². The molecule has 110 valence electrons. The zero-order valence-electron chi connectivity index (χ0n) is 11.5. The smallest absolute Gasteiger partial charge is 0.259 e. The van der Waals surface area contributed by atoms with Gasteiger partial charge in [-0.3, -0.25) is 9.78 Å². The van der Waals surface area contributed by atoms with Crippen molar-refractivity contribution >= 4 is 28.9 Å². The second kappa shape index (κ2) is 7.04. The van der Waals surface area contributed by atoms with E-state index in [1.165, 1.54) is 24.4 Å². The van der Waals surface area contributed by atoms with Crippen molar-refractivity contribution in [2.45, 2.75) is 13.3 Å². The minimum Gasteiger partial charge on any atom is -0.384 e. The number of hydrogen-bond acceptors (Lipinski definition) is 3. The number of carbonyl (C=O) groups is 1. The quantitative estimate of drug-likeness (QED) is 0.879. The van der Waals surface area contributed by atoms with Crippen LogP contribution < -0.4 is 10.6 Å². The average molecular weight is 308 g/mol. The van der Waals surface area contributed by atoms with Crippen LogP contribution in [0.2, 0.25) is 5.02 Å². The van der Waals surface area contributed by atoms with Crippen LogP contribution in [0.3, 0.4) is 0 Å². The Labute approximate surface area is 127 Å². The molecular weight excluding hydrogens is 293 g/mol. The number of halogens is 2. The number of aromatic nitrogens is 1. The molecular formula is C15H15ClFN3O. The Bertz CT molecular complexity index is 628. The Kier molecular flexibility index (Phi) is 5.11. The zero-order chi connectivity index (χ0) is 15.2. The van der Waals surface area contributed by atoms with Gasteiger partial charge < -0.3 is 10.6 Å². The molecule has 1 aromatic carbocycles. The van der Waals surface area contributed by atoms with Gasteiger partial charge >= 0.3 is 0 Å². The number of amides is 1. The zero-order valence-corrected chi connectivity index (χ0v) is 12.2. The van der Waals surface area contributed by atoms with Crippen LogP contribution in [0.1, 0.15) is 23.7 Å². The molecule has 0 spiro atoms. The Hall–Kier alpha value is -2.14. The monoisotopic (exact) mass is 307 g/mol. The summed E-state index contributed by atoms with van der Waals surface area (Å²) in [6, 6.07) is 5.93. The van der Waals surface area contributed by atoms with Gasteiger partial charge in [-0.25, -0.2) is 4.39 Å². The second-order valence-corrected chi connectivity index (χ2v) is 4.81. The highest BCUT2D eigenvalue weighted by Crippen LogP contribution is 2.26. The molecule has 0 fully saturated rings. The molecule has 0 atom stereocenters. The van der Waals surface area contributed by atoms with Gasteiger partial charge in [0, 0.05) is 18.9 Å². The Morgan fingerprint density at radius 1 is 1.38 bits per heavy atom. The topological polar surface area (TPSA) is 54.0 Å². The molecule has 2 rings (SSSR count). The summed E-state index contributed by atoms with van der Waals surface area (Å²) in [5.41, 5.74) is 0.955. The van der Waals surface area contributed by atoms with Crippen molar-refractivity contribution in [3.8, 4) is 0 Å². The maximum atomic E-state index is 13.7. The number of nitrogens with zero attached hydrogens (tertiary/aromatic N) is 1. The third-order valence-corrected chi connectivity index (χ3v) is 3.15.